The average molecular weight is 126 g/mol. The highest BCUT2D eigenvalue weighted by molar-refractivity contribution is 4.66. The van der Waals surface area contributed by atoms with Gasteiger partial charge in [0.1, 0.15) is 0 Å². The largest absolute Gasteiger partial charge is 0.142 e. The maximum Gasteiger partial charge on any atom is 0.0938 e. The number of hydrogen-bond donors (Lipinski definition) is 0. The minimum Gasteiger partial charge on any atom is -0.142 e. The topological polar surface area (TPSA) is 55.5 Å². The monoisotopic (exact) mass is 126 g/mol. The zero-order valence-electron chi connectivity index (χ0n) is 4.97. The van der Waals surface area contributed by atoms with Gasteiger partial charge in [-0.1, -0.05) is 0 Å². The lowest BCUT2D eigenvalue weighted by atomic mass is 10.4. The molecule has 6 heteroatoms. The van der Waals surface area contributed by atoms with E-state index in [4.69, 9.17) is 0 Å². The van der Waals surface area contributed by atoms with Gasteiger partial charge in [-0.15, -0.1) is 10.2 Å². The van der Waals surface area contributed by atoms with Crippen molar-refractivity contribution >= 4 is 0 Å². The van der Waals surface area contributed by atoms with Crippen molar-refractivity contribution in [3.05, 3.63) is 0 Å². The number of hydrogen-bond acceptors (Lipinski definition) is 6. The predicted molar refractivity (Wildman–Crippen MR) is 27.7 cm³/mol. The molecule has 9 heavy (non-hydrogen) atoms. The summed E-state index contributed by atoms with van der Waals surface area (Å²) < 4.78 is 0. The van der Waals surface area contributed by atoms with Crippen LogP contribution in [0.2, 0.25) is 0 Å². The van der Waals surface area contributed by atoms with Gasteiger partial charge in [0.15, 0.2) is 0 Å². The van der Waals surface area contributed by atoms with Gasteiger partial charge in [0, 0.05) is 0 Å². The van der Waals surface area contributed by atoms with Crippen molar-refractivity contribution in [2.75, 3.05) is 6.54 Å². The van der Waals surface area contributed by atoms with E-state index in [0.717, 1.165) is 6.54 Å². The molecular formula is C3H6N6. The van der Waals surface area contributed by atoms with Crippen molar-refractivity contribution in [3.63, 3.8) is 0 Å². The van der Waals surface area contributed by atoms with Crippen molar-refractivity contribution in [2.24, 2.45) is 20.9 Å². The number of nitrogens with zero attached hydrogens (tertiary/aromatic N) is 6. The van der Waals surface area contributed by atoms with Crippen molar-refractivity contribution in [2.45, 2.75) is 13.0 Å². The van der Waals surface area contributed by atoms with E-state index in [9.17, 15) is 0 Å². The summed E-state index contributed by atoms with van der Waals surface area (Å²) in [5.41, 5.74) is 0. The summed E-state index contributed by atoms with van der Waals surface area (Å²) in [6.45, 7) is 2.80. The van der Waals surface area contributed by atoms with E-state index < -0.39 is 0 Å². The molecule has 0 aliphatic carbocycles. The van der Waals surface area contributed by atoms with Gasteiger partial charge in [-0.25, -0.2) is 0 Å². The first-order valence-electron chi connectivity index (χ1n) is 2.76. The Morgan fingerprint density at radius 3 is 2.33 bits per heavy atom. The van der Waals surface area contributed by atoms with Gasteiger partial charge in [-0.2, -0.15) is 0 Å². The molecule has 0 aromatic rings. The second kappa shape index (κ2) is 1.40. The van der Waals surface area contributed by atoms with E-state index in [2.05, 4.69) is 20.9 Å². The summed E-state index contributed by atoms with van der Waals surface area (Å²) in [5.74, 6) is 0. The summed E-state index contributed by atoms with van der Waals surface area (Å²) in [6.07, 6.45) is 0. The first-order valence-corrected chi connectivity index (χ1v) is 2.76. The molecule has 0 saturated carbocycles. The van der Waals surface area contributed by atoms with Crippen LogP contribution in [-0.2, 0) is 0 Å². The molecule has 2 aliphatic heterocycles. The fourth-order valence-electron chi connectivity index (χ4n) is 0.610. The Balaban J connectivity index is 1.70. The first kappa shape index (κ1) is 4.66. The molecule has 2 heterocycles. The zero-order chi connectivity index (χ0) is 6.27. The third kappa shape index (κ3) is 0.956. The molecule has 0 radical (unpaired) electrons. The van der Waals surface area contributed by atoms with E-state index in [-0.39, 0.29) is 0 Å². The van der Waals surface area contributed by atoms with Crippen LogP contribution >= 0.6 is 0 Å². The van der Waals surface area contributed by atoms with Crippen molar-refractivity contribution in [1.29, 1.82) is 0 Å². The van der Waals surface area contributed by atoms with Crippen LogP contribution in [0, 0.1) is 0 Å². The Hall–Kier alpha value is -1.20. The van der Waals surface area contributed by atoms with Gasteiger partial charge in [-0.05, 0) is 27.8 Å². The molecule has 1 atom stereocenters. The first-order chi connectivity index (χ1) is 4.36. The highest BCUT2D eigenvalue weighted by Gasteiger charge is 2.25. The molecule has 0 spiro atoms. The Morgan fingerprint density at radius 1 is 1.22 bits per heavy atom. The number of rotatable bonds is 3. The molecule has 2 rings (SSSR count). The summed E-state index contributed by atoms with van der Waals surface area (Å²) in [7, 11) is 0. The Labute approximate surface area is 51.8 Å². The second-order valence-electron chi connectivity index (χ2n) is 2.08. The van der Waals surface area contributed by atoms with Gasteiger partial charge >= 0.3 is 0 Å². The van der Waals surface area contributed by atoms with Crippen LogP contribution in [0.4, 0.5) is 0 Å². The van der Waals surface area contributed by atoms with E-state index in [1.54, 1.807) is 10.2 Å². The van der Waals surface area contributed by atoms with Crippen LogP contribution in [0.1, 0.15) is 6.92 Å². The molecular weight excluding hydrogens is 120 g/mol. The van der Waals surface area contributed by atoms with Crippen molar-refractivity contribution in [3.8, 4) is 0 Å². The average Bonchev–Trinajstić information content (AvgIpc) is 2.62. The van der Waals surface area contributed by atoms with Crippen molar-refractivity contribution < 1.29 is 0 Å². The molecule has 0 aromatic carbocycles. The van der Waals surface area contributed by atoms with Crippen LogP contribution in [0.25, 0.3) is 0 Å². The van der Waals surface area contributed by atoms with Crippen LogP contribution in [0.5, 0.6) is 0 Å². The van der Waals surface area contributed by atoms with E-state index >= 15 is 0 Å². The van der Waals surface area contributed by atoms with E-state index in [1.165, 1.54) is 0 Å². The molecule has 0 amide bonds. The SMILES string of the molecule is CC(CN1N=N1)N1N=N1. The van der Waals surface area contributed by atoms with Crippen LogP contribution in [0.3, 0.4) is 0 Å². The molecule has 2 aliphatic rings. The summed E-state index contributed by atoms with van der Waals surface area (Å²) in [5, 5.41) is 17.7. The minimum atomic E-state index is 0.306. The van der Waals surface area contributed by atoms with E-state index in [1.807, 2.05) is 6.92 Å². The molecule has 0 saturated heterocycles. The van der Waals surface area contributed by atoms with Crippen LogP contribution in [-0.4, -0.2) is 22.8 Å². The van der Waals surface area contributed by atoms with Gasteiger partial charge in [0.05, 0.1) is 12.6 Å². The van der Waals surface area contributed by atoms with Crippen LogP contribution in [0.15, 0.2) is 20.9 Å². The van der Waals surface area contributed by atoms with Crippen LogP contribution < -0.4 is 0 Å². The van der Waals surface area contributed by atoms with Gasteiger partial charge in [-0.3, -0.25) is 0 Å². The van der Waals surface area contributed by atoms with Crippen molar-refractivity contribution in [1.82, 2.24) is 10.2 Å². The summed E-state index contributed by atoms with van der Waals surface area (Å²) in [6, 6.07) is 0.306. The molecule has 0 N–H and O–H groups in total. The Morgan fingerprint density at radius 2 is 1.89 bits per heavy atom. The summed E-state index contributed by atoms with van der Waals surface area (Å²) >= 11 is 0. The maximum absolute atomic E-state index is 3.63. The second-order valence-corrected chi connectivity index (χ2v) is 2.08. The smallest absolute Gasteiger partial charge is 0.0938 e. The lowest BCUT2D eigenvalue weighted by Crippen LogP contribution is -2.23. The fraction of sp³-hybridized carbons (Fsp3) is 1.00. The molecule has 1 unspecified atom stereocenters. The maximum atomic E-state index is 3.63. The quantitative estimate of drug-likeness (QED) is 0.555. The standard InChI is InChI=1S/C3H6N6/c1-3(9-6-7-9)2-8-4-5-8/h3H,2H2,1H3. The highest BCUT2D eigenvalue weighted by Crippen LogP contribution is 2.17. The van der Waals surface area contributed by atoms with Gasteiger partial charge < -0.3 is 0 Å². The molecule has 6 nitrogen and oxygen atoms in total. The lowest BCUT2D eigenvalue weighted by Gasteiger charge is -2.04. The third-order valence-electron chi connectivity index (χ3n) is 1.23. The normalized spacial score (nSPS) is 22.8. The van der Waals surface area contributed by atoms with Gasteiger partial charge in [0.2, 0.25) is 0 Å². The zero-order valence-corrected chi connectivity index (χ0v) is 4.97. The molecule has 0 fully saturated rings. The summed E-state index contributed by atoms with van der Waals surface area (Å²) in [4.78, 5) is 0. The molecule has 0 aromatic heterocycles. The Bertz CT molecular complexity index is 161. The minimum absolute atomic E-state index is 0.306. The predicted octanol–water partition coefficient (Wildman–Crippen LogP) is 0.571. The third-order valence-corrected chi connectivity index (χ3v) is 1.23. The molecule has 48 valence electrons. The lowest BCUT2D eigenvalue weighted by molar-refractivity contribution is 0.297. The fourth-order valence-corrected chi connectivity index (χ4v) is 0.610. The Kier molecular flexibility index (Phi) is 0.723. The molecule has 0 bridgehead atoms. The van der Waals surface area contributed by atoms with Gasteiger partial charge in [0.25, 0.3) is 0 Å². The highest BCUT2D eigenvalue weighted by atomic mass is 16.0. The van der Waals surface area contributed by atoms with E-state index in [0.29, 0.717) is 6.04 Å².